The van der Waals surface area contributed by atoms with Gasteiger partial charge in [-0.05, 0) is 47.6 Å². The Kier molecular flexibility index (Phi) is 5.29. The molecule has 0 aliphatic heterocycles. The van der Waals surface area contributed by atoms with Crippen molar-refractivity contribution >= 4 is 27.5 Å². The maximum absolute atomic E-state index is 6.21. The molecule has 0 fully saturated rings. The number of hydrogen-bond acceptors (Lipinski definition) is 0. The highest BCUT2D eigenvalue weighted by molar-refractivity contribution is 9.09. The second kappa shape index (κ2) is 6.78. The van der Waals surface area contributed by atoms with Crippen molar-refractivity contribution in [3.05, 3.63) is 69.7 Å². The first-order valence-corrected chi connectivity index (χ1v) is 8.25. The van der Waals surface area contributed by atoms with Gasteiger partial charge < -0.3 is 0 Å². The fraction of sp³-hybridized carbons (Fsp3) is 0.333. The van der Waals surface area contributed by atoms with Gasteiger partial charge in [-0.15, -0.1) is 0 Å². The van der Waals surface area contributed by atoms with E-state index in [9.17, 15) is 0 Å². The summed E-state index contributed by atoms with van der Waals surface area (Å²) < 4.78 is 0. The van der Waals surface area contributed by atoms with Gasteiger partial charge in [0, 0.05) is 5.02 Å². The summed E-state index contributed by atoms with van der Waals surface area (Å²) in [7, 11) is 0. The lowest BCUT2D eigenvalue weighted by Crippen LogP contribution is -1.96. The average molecular weight is 352 g/mol. The minimum atomic E-state index is 0.189. The van der Waals surface area contributed by atoms with Crippen LogP contribution >= 0.6 is 27.5 Å². The molecule has 0 saturated heterocycles. The molecule has 106 valence electrons. The first-order chi connectivity index (χ1) is 9.47. The van der Waals surface area contributed by atoms with Crippen LogP contribution in [-0.2, 0) is 6.42 Å². The molecular formula is C18H20BrCl. The van der Waals surface area contributed by atoms with Crippen LogP contribution < -0.4 is 0 Å². The lowest BCUT2D eigenvalue weighted by Gasteiger charge is -2.13. The molecule has 0 radical (unpaired) electrons. The predicted octanol–water partition coefficient (Wildman–Crippen LogP) is 6.33. The van der Waals surface area contributed by atoms with Crippen LogP contribution in [0.4, 0.5) is 0 Å². The lowest BCUT2D eigenvalue weighted by atomic mass is 9.99. The zero-order valence-electron chi connectivity index (χ0n) is 12.2. The minimum Gasteiger partial charge on any atom is -0.0840 e. The van der Waals surface area contributed by atoms with E-state index in [4.69, 9.17) is 11.6 Å². The molecule has 0 nitrogen and oxygen atoms in total. The second-order valence-corrected chi connectivity index (χ2v) is 7.03. The second-order valence-electron chi connectivity index (χ2n) is 5.71. The number of alkyl halides is 1. The fourth-order valence-corrected chi connectivity index (χ4v) is 3.03. The largest absolute Gasteiger partial charge is 0.0840 e. The Bertz CT molecular complexity index is 572. The van der Waals surface area contributed by atoms with Crippen molar-refractivity contribution in [3.8, 4) is 0 Å². The van der Waals surface area contributed by atoms with Crippen molar-refractivity contribution < 1.29 is 0 Å². The summed E-state index contributed by atoms with van der Waals surface area (Å²) in [4.78, 5) is 0.189. The number of aryl methyl sites for hydroxylation is 1. The molecular weight excluding hydrogens is 332 g/mol. The van der Waals surface area contributed by atoms with Gasteiger partial charge in [0.2, 0.25) is 0 Å². The van der Waals surface area contributed by atoms with Gasteiger partial charge in [-0.2, -0.15) is 0 Å². The molecule has 0 N–H and O–H groups in total. The van der Waals surface area contributed by atoms with E-state index < -0.39 is 0 Å². The fourth-order valence-electron chi connectivity index (χ4n) is 2.25. The van der Waals surface area contributed by atoms with E-state index in [-0.39, 0.29) is 4.83 Å². The van der Waals surface area contributed by atoms with Crippen LogP contribution in [0.15, 0.2) is 42.5 Å². The highest BCUT2D eigenvalue weighted by atomic mass is 79.9. The van der Waals surface area contributed by atoms with Gasteiger partial charge in [0.15, 0.2) is 0 Å². The third kappa shape index (κ3) is 3.86. The van der Waals surface area contributed by atoms with E-state index in [1.54, 1.807) is 0 Å². The van der Waals surface area contributed by atoms with Crippen LogP contribution in [-0.4, -0.2) is 0 Å². The van der Waals surface area contributed by atoms with E-state index in [0.717, 1.165) is 17.0 Å². The SMILES string of the molecule is Cc1ccc(C(Br)c2ccc(CC(C)C)cc2)cc1Cl. The van der Waals surface area contributed by atoms with E-state index in [2.05, 4.69) is 66.2 Å². The molecule has 2 aromatic rings. The van der Waals surface area contributed by atoms with Gasteiger partial charge in [0.25, 0.3) is 0 Å². The molecule has 20 heavy (non-hydrogen) atoms. The molecule has 0 aliphatic rings. The van der Waals surface area contributed by atoms with Crippen LogP contribution in [0, 0.1) is 12.8 Å². The Hall–Kier alpha value is -0.790. The molecule has 2 heteroatoms. The third-order valence-corrected chi connectivity index (χ3v) is 4.87. The number of benzene rings is 2. The van der Waals surface area contributed by atoms with Gasteiger partial charge in [0.05, 0.1) is 4.83 Å². The summed E-state index contributed by atoms with van der Waals surface area (Å²) in [6.45, 7) is 6.51. The topological polar surface area (TPSA) is 0 Å². The Balaban J connectivity index is 2.20. The zero-order chi connectivity index (χ0) is 14.7. The average Bonchev–Trinajstić information content (AvgIpc) is 2.41. The molecule has 1 atom stereocenters. The van der Waals surface area contributed by atoms with Crippen LogP contribution in [0.3, 0.4) is 0 Å². The molecule has 0 aromatic heterocycles. The van der Waals surface area contributed by atoms with E-state index in [1.807, 2.05) is 13.0 Å². The summed E-state index contributed by atoms with van der Waals surface area (Å²) >= 11 is 9.98. The van der Waals surface area contributed by atoms with Gasteiger partial charge in [-0.3, -0.25) is 0 Å². The normalized spacial score (nSPS) is 12.7. The van der Waals surface area contributed by atoms with Crippen LogP contribution in [0.2, 0.25) is 5.02 Å². The predicted molar refractivity (Wildman–Crippen MR) is 91.9 cm³/mol. The van der Waals surface area contributed by atoms with Crippen molar-refractivity contribution in [1.82, 2.24) is 0 Å². The van der Waals surface area contributed by atoms with Crippen LogP contribution in [0.25, 0.3) is 0 Å². The van der Waals surface area contributed by atoms with Gasteiger partial charge in [-0.25, -0.2) is 0 Å². The van der Waals surface area contributed by atoms with Crippen molar-refractivity contribution in [2.75, 3.05) is 0 Å². The molecule has 0 amide bonds. The number of hydrogen-bond donors (Lipinski definition) is 0. The first kappa shape index (κ1) is 15.6. The van der Waals surface area contributed by atoms with E-state index in [1.165, 1.54) is 16.7 Å². The maximum Gasteiger partial charge on any atom is 0.0645 e. The zero-order valence-corrected chi connectivity index (χ0v) is 14.5. The quantitative estimate of drug-likeness (QED) is 0.564. The molecule has 0 spiro atoms. The van der Waals surface area contributed by atoms with Crippen molar-refractivity contribution in [2.24, 2.45) is 5.92 Å². The van der Waals surface area contributed by atoms with Gasteiger partial charge >= 0.3 is 0 Å². The molecule has 0 bridgehead atoms. The van der Waals surface area contributed by atoms with Crippen molar-refractivity contribution in [3.63, 3.8) is 0 Å². The third-order valence-electron chi connectivity index (χ3n) is 3.40. The van der Waals surface area contributed by atoms with E-state index in [0.29, 0.717) is 5.92 Å². The van der Waals surface area contributed by atoms with E-state index >= 15 is 0 Å². The Morgan fingerprint density at radius 2 is 1.60 bits per heavy atom. The summed E-state index contributed by atoms with van der Waals surface area (Å²) in [5, 5.41) is 0.823. The Morgan fingerprint density at radius 3 is 2.15 bits per heavy atom. The molecule has 2 rings (SSSR count). The minimum absolute atomic E-state index is 0.189. The molecule has 0 aliphatic carbocycles. The monoisotopic (exact) mass is 350 g/mol. The van der Waals surface area contributed by atoms with Crippen molar-refractivity contribution in [1.29, 1.82) is 0 Å². The molecule has 2 aromatic carbocycles. The molecule has 0 saturated carbocycles. The lowest BCUT2D eigenvalue weighted by molar-refractivity contribution is 0.647. The molecule has 0 heterocycles. The number of halogens is 2. The van der Waals surface area contributed by atoms with Gasteiger partial charge in [0.1, 0.15) is 0 Å². The van der Waals surface area contributed by atoms with Gasteiger partial charge in [-0.1, -0.05) is 77.8 Å². The highest BCUT2D eigenvalue weighted by Crippen LogP contribution is 2.33. The molecule has 1 unspecified atom stereocenters. The first-order valence-electron chi connectivity index (χ1n) is 6.96. The summed E-state index contributed by atoms with van der Waals surface area (Å²) in [6.07, 6.45) is 1.13. The van der Waals surface area contributed by atoms with Crippen molar-refractivity contribution in [2.45, 2.75) is 32.0 Å². The van der Waals surface area contributed by atoms with Crippen LogP contribution in [0.1, 0.15) is 40.9 Å². The summed E-state index contributed by atoms with van der Waals surface area (Å²) in [5.41, 5.74) is 4.96. The summed E-state index contributed by atoms with van der Waals surface area (Å²) in [5.74, 6) is 0.691. The smallest absolute Gasteiger partial charge is 0.0645 e. The van der Waals surface area contributed by atoms with Crippen LogP contribution in [0.5, 0.6) is 0 Å². The Morgan fingerprint density at radius 1 is 1.00 bits per heavy atom. The summed E-state index contributed by atoms with van der Waals surface area (Å²) in [6, 6.07) is 15.1. The number of rotatable bonds is 4. The maximum atomic E-state index is 6.21. The highest BCUT2D eigenvalue weighted by Gasteiger charge is 2.11. The standard InChI is InChI=1S/C18H20BrCl/c1-12(2)10-14-5-8-15(9-6-14)18(19)16-7-4-13(3)17(20)11-16/h4-9,11-12,18H,10H2,1-3H3. The Labute approximate surface area is 135 Å².